The Morgan fingerprint density at radius 1 is 0.939 bits per heavy atom. The summed E-state index contributed by atoms with van der Waals surface area (Å²) in [5.74, 6) is -0.957. The highest BCUT2D eigenvalue weighted by Gasteiger charge is 2.17. The van der Waals surface area contributed by atoms with Crippen molar-refractivity contribution in [2.24, 2.45) is 0 Å². The molecule has 0 aliphatic heterocycles. The molecular weight excluding hydrogens is 464 g/mol. The zero-order valence-electron chi connectivity index (χ0n) is 17.9. The fourth-order valence-corrected chi connectivity index (χ4v) is 4.13. The molecule has 0 unspecified atom stereocenters. The number of benzene rings is 3. The number of halogens is 1. The minimum atomic E-state index is -3.82. The average Bonchev–Trinajstić information content (AvgIpc) is 2.81. The van der Waals surface area contributed by atoms with E-state index in [9.17, 15) is 18.0 Å². The molecule has 0 aromatic heterocycles. The van der Waals surface area contributed by atoms with E-state index in [0.29, 0.717) is 17.9 Å². The van der Waals surface area contributed by atoms with Gasteiger partial charge in [0.2, 0.25) is 0 Å². The van der Waals surface area contributed by atoms with Crippen molar-refractivity contribution in [2.75, 3.05) is 16.6 Å². The first-order valence-electron chi connectivity index (χ1n) is 10.3. The second-order valence-corrected chi connectivity index (χ2v) is 9.22. The quantitative estimate of drug-likeness (QED) is 0.313. The van der Waals surface area contributed by atoms with Crippen molar-refractivity contribution in [3.05, 3.63) is 88.9 Å². The average molecular weight is 487 g/mol. The lowest BCUT2D eigenvalue weighted by Gasteiger charge is -2.11. The van der Waals surface area contributed by atoms with E-state index in [2.05, 4.69) is 10.0 Å². The van der Waals surface area contributed by atoms with Crippen LogP contribution in [0, 0.1) is 0 Å². The lowest BCUT2D eigenvalue weighted by Crippen LogP contribution is -2.15. The van der Waals surface area contributed by atoms with E-state index in [1.165, 1.54) is 30.3 Å². The van der Waals surface area contributed by atoms with Crippen LogP contribution in [-0.4, -0.2) is 26.9 Å². The molecule has 2 N–H and O–H groups in total. The number of esters is 1. The topological polar surface area (TPSA) is 102 Å². The lowest BCUT2D eigenvalue weighted by molar-refractivity contribution is 0.0499. The molecule has 0 heterocycles. The van der Waals surface area contributed by atoms with Crippen LogP contribution in [0.2, 0.25) is 5.02 Å². The van der Waals surface area contributed by atoms with Gasteiger partial charge in [0.25, 0.3) is 15.9 Å². The molecule has 0 spiro atoms. The molecule has 0 radical (unpaired) electrons. The maximum atomic E-state index is 12.8. The zero-order chi connectivity index (χ0) is 23.8. The van der Waals surface area contributed by atoms with Crippen molar-refractivity contribution < 1.29 is 22.7 Å². The highest BCUT2D eigenvalue weighted by Crippen LogP contribution is 2.24. The summed E-state index contributed by atoms with van der Waals surface area (Å²) in [6, 6.07) is 18.4. The van der Waals surface area contributed by atoms with Gasteiger partial charge in [0.05, 0.1) is 27.7 Å². The van der Waals surface area contributed by atoms with Crippen molar-refractivity contribution in [1.82, 2.24) is 0 Å². The Hall–Kier alpha value is -3.36. The predicted molar refractivity (Wildman–Crippen MR) is 128 cm³/mol. The normalized spacial score (nSPS) is 11.0. The van der Waals surface area contributed by atoms with Gasteiger partial charge in [0.15, 0.2) is 0 Å². The second kappa shape index (κ2) is 11.0. The monoisotopic (exact) mass is 486 g/mol. The highest BCUT2D eigenvalue weighted by molar-refractivity contribution is 7.92. The minimum absolute atomic E-state index is 0.0907. The molecule has 3 rings (SSSR count). The smallest absolute Gasteiger partial charge is 0.338 e. The number of rotatable bonds is 9. The SMILES string of the molecule is CCCCOC(=O)c1ccc(NC(=O)c2cc(NS(=O)(=O)c3ccccc3)ccc2Cl)cc1. The summed E-state index contributed by atoms with van der Waals surface area (Å²) in [6.45, 7) is 2.36. The molecule has 0 atom stereocenters. The molecule has 0 saturated heterocycles. The van der Waals surface area contributed by atoms with Crippen LogP contribution in [0.25, 0.3) is 0 Å². The standard InChI is InChI=1S/C24H23ClN2O5S/c1-2-3-15-32-24(29)17-9-11-18(12-10-17)26-23(28)21-16-19(13-14-22(21)25)27-33(30,31)20-7-5-4-6-8-20/h4-14,16,27H,2-3,15H2,1H3,(H,26,28). The van der Waals surface area contributed by atoms with Crippen LogP contribution < -0.4 is 10.0 Å². The Kier molecular flexibility index (Phi) is 8.08. The number of hydrogen-bond donors (Lipinski definition) is 2. The van der Waals surface area contributed by atoms with Crippen LogP contribution >= 0.6 is 11.6 Å². The Bertz CT molecular complexity index is 1230. The van der Waals surface area contributed by atoms with E-state index in [0.717, 1.165) is 12.8 Å². The van der Waals surface area contributed by atoms with Crippen LogP contribution in [-0.2, 0) is 14.8 Å². The van der Waals surface area contributed by atoms with Gasteiger partial charge in [-0.05, 0) is 61.0 Å². The first-order chi connectivity index (χ1) is 15.8. The first-order valence-corrected chi connectivity index (χ1v) is 12.1. The van der Waals surface area contributed by atoms with Crippen LogP contribution in [0.1, 0.15) is 40.5 Å². The number of hydrogen-bond acceptors (Lipinski definition) is 5. The largest absolute Gasteiger partial charge is 0.462 e. The third-order valence-corrected chi connectivity index (χ3v) is 6.35. The van der Waals surface area contributed by atoms with Gasteiger partial charge in [-0.25, -0.2) is 13.2 Å². The van der Waals surface area contributed by atoms with Crippen LogP contribution in [0.15, 0.2) is 77.7 Å². The Balaban J connectivity index is 1.71. The van der Waals surface area contributed by atoms with Crippen molar-refractivity contribution >= 4 is 44.9 Å². The number of unbranched alkanes of at least 4 members (excludes halogenated alkanes) is 1. The van der Waals surface area contributed by atoms with Crippen LogP contribution in [0.5, 0.6) is 0 Å². The highest BCUT2D eigenvalue weighted by atomic mass is 35.5. The Labute approximate surface area is 197 Å². The fourth-order valence-electron chi connectivity index (χ4n) is 2.86. The number of carbonyl (C=O) groups excluding carboxylic acids is 2. The molecule has 7 nitrogen and oxygen atoms in total. The Morgan fingerprint density at radius 2 is 1.61 bits per heavy atom. The molecular formula is C24H23ClN2O5S. The van der Waals surface area contributed by atoms with E-state index in [-0.39, 0.29) is 21.2 Å². The van der Waals surface area contributed by atoms with E-state index in [4.69, 9.17) is 16.3 Å². The summed E-state index contributed by atoms with van der Waals surface area (Å²) in [5, 5.41) is 2.85. The van der Waals surface area contributed by atoms with Gasteiger partial charge in [0, 0.05) is 11.4 Å². The predicted octanol–water partition coefficient (Wildman–Crippen LogP) is 5.35. The summed E-state index contributed by atoms with van der Waals surface area (Å²) < 4.78 is 32.7. The van der Waals surface area contributed by atoms with Gasteiger partial charge < -0.3 is 10.1 Å². The molecule has 9 heteroatoms. The number of sulfonamides is 1. The van der Waals surface area contributed by atoms with Gasteiger partial charge in [0.1, 0.15) is 0 Å². The second-order valence-electron chi connectivity index (χ2n) is 7.13. The number of carbonyl (C=O) groups is 2. The zero-order valence-corrected chi connectivity index (χ0v) is 19.4. The van der Waals surface area contributed by atoms with E-state index in [1.54, 1.807) is 42.5 Å². The van der Waals surface area contributed by atoms with Crippen LogP contribution in [0.4, 0.5) is 11.4 Å². The molecule has 33 heavy (non-hydrogen) atoms. The molecule has 0 bridgehead atoms. The molecule has 1 amide bonds. The molecule has 0 aliphatic carbocycles. The fraction of sp³-hybridized carbons (Fsp3) is 0.167. The first kappa shape index (κ1) is 24.3. The maximum Gasteiger partial charge on any atom is 0.338 e. The lowest BCUT2D eigenvalue weighted by atomic mass is 10.1. The number of ether oxygens (including phenoxy) is 1. The van der Waals surface area contributed by atoms with Crippen molar-refractivity contribution in [2.45, 2.75) is 24.7 Å². The van der Waals surface area contributed by atoms with E-state index < -0.39 is 21.9 Å². The van der Waals surface area contributed by atoms with Gasteiger partial charge in [-0.15, -0.1) is 0 Å². The number of amides is 1. The molecule has 0 saturated carbocycles. The van der Waals surface area contributed by atoms with Gasteiger partial charge in [-0.1, -0.05) is 43.1 Å². The van der Waals surface area contributed by atoms with Gasteiger partial charge >= 0.3 is 5.97 Å². The summed E-state index contributed by atoms with van der Waals surface area (Å²) in [5.41, 5.74) is 1.10. The summed E-state index contributed by atoms with van der Waals surface area (Å²) >= 11 is 6.17. The number of nitrogens with one attached hydrogen (secondary N) is 2. The van der Waals surface area contributed by atoms with Gasteiger partial charge in [-0.3, -0.25) is 9.52 Å². The summed E-state index contributed by atoms with van der Waals surface area (Å²) in [7, 11) is -3.82. The van der Waals surface area contributed by atoms with Crippen LogP contribution in [0.3, 0.4) is 0 Å². The summed E-state index contributed by atoms with van der Waals surface area (Å²) in [6.07, 6.45) is 1.72. The molecule has 172 valence electrons. The van der Waals surface area contributed by atoms with E-state index >= 15 is 0 Å². The summed E-state index contributed by atoms with van der Waals surface area (Å²) in [4.78, 5) is 24.8. The van der Waals surface area contributed by atoms with Crippen molar-refractivity contribution in [1.29, 1.82) is 0 Å². The van der Waals surface area contributed by atoms with E-state index in [1.807, 2.05) is 6.92 Å². The molecule has 0 aliphatic rings. The van der Waals surface area contributed by atoms with Crippen molar-refractivity contribution in [3.8, 4) is 0 Å². The third-order valence-electron chi connectivity index (χ3n) is 4.63. The van der Waals surface area contributed by atoms with Crippen molar-refractivity contribution in [3.63, 3.8) is 0 Å². The third kappa shape index (κ3) is 6.57. The molecule has 0 fully saturated rings. The minimum Gasteiger partial charge on any atom is -0.462 e. The molecule has 3 aromatic rings. The molecule has 3 aromatic carbocycles. The Morgan fingerprint density at radius 3 is 2.27 bits per heavy atom. The number of anilines is 2. The maximum absolute atomic E-state index is 12.8. The van der Waals surface area contributed by atoms with Gasteiger partial charge in [-0.2, -0.15) is 0 Å².